The van der Waals surface area contributed by atoms with Gasteiger partial charge in [0.1, 0.15) is 0 Å². The van der Waals surface area contributed by atoms with Crippen LogP contribution in [0.15, 0.2) is 24.5 Å². The zero-order chi connectivity index (χ0) is 13.0. The number of likely N-dealkylation sites (tertiary alicyclic amines) is 1. The summed E-state index contributed by atoms with van der Waals surface area (Å²) in [4.78, 5) is 28.3. The Bertz CT molecular complexity index is 433. The number of carboxylic acid groups (broad SMARTS) is 1. The maximum absolute atomic E-state index is 11.7. The van der Waals surface area contributed by atoms with E-state index in [4.69, 9.17) is 5.11 Å². The van der Waals surface area contributed by atoms with Gasteiger partial charge in [-0.3, -0.25) is 14.6 Å². The Hall–Kier alpha value is -1.91. The first-order chi connectivity index (χ1) is 8.66. The molecule has 96 valence electrons. The summed E-state index contributed by atoms with van der Waals surface area (Å²) in [6, 6.07) is 3.81. The van der Waals surface area contributed by atoms with Crippen molar-refractivity contribution in [2.24, 2.45) is 5.92 Å². The van der Waals surface area contributed by atoms with E-state index in [-0.39, 0.29) is 5.91 Å². The molecule has 1 atom stereocenters. The molecule has 2 heterocycles. The SMILES string of the molecule is O=C(O)C1CCC(=O)N(CCc2cccnc2)C1. The summed E-state index contributed by atoms with van der Waals surface area (Å²) in [5.41, 5.74) is 1.06. The van der Waals surface area contributed by atoms with Gasteiger partial charge in [-0.25, -0.2) is 0 Å². The van der Waals surface area contributed by atoms with Crippen LogP contribution >= 0.6 is 0 Å². The molecule has 1 unspecified atom stereocenters. The third kappa shape index (κ3) is 3.06. The number of pyridine rings is 1. The molecule has 1 aromatic rings. The number of carbonyl (C=O) groups excluding carboxylic acids is 1. The quantitative estimate of drug-likeness (QED) is 0.861. The number of nitrogens with zero attached hydrogens (tertiary/aromatic N) is 2. The lowest BCUT2D eigenvalue weighted by Gasteiger charge is -2.30. The van der Waals surface area contributed by atoms with Crippen molar-refractivity contribution in [1.29, 1.82) is 0 Å². The van der Waals surface area contributed by atoms with Crippen molar-refractivity contribution in [3.63, 3.8) is 0 Å². The van der Waals surface area contributed by atoms with Gasteiger partial charge in [0.2, 0.25) is 5.91 Å². The molecule has 0 aliphatic carbocycles. The number of hydrogen-bond acceptors (Lipinski definition) is 3. The highest BCUT2D eigenvalue weighted by atomic mass is 16.4. The lowest BCUT2D eigenvalue weighted by molar-refractivity contribution is -0.147. The van der Waals surface area contributed by atoms with Crippen LogP contribution in [-0.2, 0) is 16.0 Å². The highest BCUT2D eigenvalue weighted by Crippen LogP contribution is 2.18. The van der Waals surface area contributed by atoms with E-state index in [0.29, 0.717) is 32.4 Å². The molecule has 0 saturated carbocycles. The first-order valence-corrected chi connectivity index (χ1v) is 6.06. The maximum Gasteiger partial charge on any atom is 0.308 e. The number of carbonyl (C=O) groups is 2. The molecular weight excluding hydrogens is 232 g/mol. The molecule has 2 rings (SSSR count). The van der Waals surface area contributed by atoms with E-state index in [1.165, 1.54) is 0 Å². The van der Waals surface area contributed by atoms with Crippen molar-refractivity contribution in [2.75, 3.05) is 13.1 Å². The van der Waals surface area contributed by atoms with Gasteiger partial charge < -0.3 is 10.0 Å². The Labute approximate surface area is 105 Å². The number of amides is 1. The molecule has 1 aromatic heterocycles. The van der Waals surface area contributed by atoms with Gasteiger partial charge in [0, 0.05) is 31.9 Å². The zero-order valence-corrected chi connectivity index (χ0v) is 10.1. The summed E-state index contributed by atoms with van der Waals surface area (Å²) in [5.74, 6) is -1.18. The minimum atomic E-state index is -0.811. The predicted octanol–water partition coefficient (Wildman–Crippen LogP) is 0.947. The van der Waals surface area contributed by atoms with Crippen LogP contribution < -0.4 is 0 Å². The van der Waals surface area contributed by atoms with E-state index in [1.807, 2.05) is 12.1 Å². The summed E-state index contributed by atoms with van der Waals surface area (Å²) in [6.07, 6.45) is 4.98. The number of carboxylic acids is 1. The lowest BCUT2D eigenvalue weighted by atomic mass is 9.97. The van der Waals surface area contributed by atoms with E-state index in [1.54, 1.807) is 17.3 Å². The summed E-state index contributed by atoms with van der Waals surface area (Å²) < 4.78 is 0. The van der Waals surface area contributed by atoms with E-state index < -0.39 is 11.9 Å². The van der Waals surface area contributed by atoms with Gasteiger partial charge in [0.05, 0.1) is 5.92 Å². The van der Waals surface area contributed by atoms with E-state index in [9.17, 15) is 9.59 Å². The van der Waals surface area contributed by atoms with Crippen molar-refractivity contribution in [3.05, 3.63) is 30.1 Å². The third-order valence-corrected chi connectivity index (χ3v) is 3.24. The topological polar surface area (TPSA) is 70.5 Å². The summed E-state index contributed by atoms with van der Waals surface area (Å²) in [5, 5.41) is 8.98. The molecule has 5 heteroatoms. The van der Waals surface area contributed by atoms with Crippen LogP contribution in [0.3, 0.4) is 0 Å². The fourth-order valence-corrected chi connectivity index (χ4v) is 2.14. The Balaban J connectivity index is 1.91. The molecule has 1 saturated heterocycles. The van der Waals surface area contributed by atoms with Crippen molar-refractivity contribution >= 4 is 11.9 Å². The molecule has 1 aliphatic rings. The van der Waals surface area contributed by atoms with Gasteiger partial charge in [0.25, 0.3) is 0 Å². The molecule has 0 radical (unpaired) electrons. The van der Waals surface area contributed by atoms with Crippen LogP contribution in [0.5, 0.6) is 0 Å². The molecule has 1 aliphatic heterocycles. The fraction of sp³-hybridized carbons (Fsp3) is 0.462. The standard InChI is InChI=1S/C13H16N2O3/c16-12-4-3-11(13(17)18)9-15(12)7-5-10-2-1-6-14-8-10/h1-2,6,8,11H,3-5,7,9H2,(H,17,18). The van der Waals surface area contributed by atoms with E-state index in [2.05, 4.69) is 4.98 Å². The lowest BCUT2D eigenvalue weighted by Crippen LogP contribution is -2.43. The number of rotatable bonds is 4. The fourth-order valence-electron chi connectivity index (χ4n) is 2.14. The van der Waals surface area contributed by atoms with Crippen LogP contribution in [0, 0.1) is 5.92 Å². The van der Waals surface area contributed by atoms with Gasteiger partial charge in [0.15, 0.2) is 0 Å². The molecule has 0 aromatic carbocycles. The molecule has 5 nitrogen and oxygen atoms in total. The van der Waals surface area contributed by atoms with E-state index in [0.717, 1.165) is 5.56 Å². The van der Waals surface area contributed by atoms with Gasteiger partial charge in [-0.1, -0.05) is 6.07 Å². The van der Waals surface area contributed by atoms with Gasteiger partial charge in [-0.05, 0) is 24.5 Å². The minimum absolute atomic E-state index is 0.0522. The zero-order valence-electron chi connectivity index (χ0n) is 10.1. The van der Waals surface area contributed by atoms with Crippen molar-refractivity contribution in [3.8, 4) is 0 Å². The van der Waals surface area contributed by atoms with Gasteiger partial charge in [-0.15, -0.1) is 0 Å². The number of hydrogen-bond donors (Lipinski definition) is 1. The van der Waals surface area contributed by atoms with E-state index >= 15 is 0 Å². The number of piperidine rings is 1. The van der Waals surface area contributed by atoms with Crippen LogP contribution in [0.25, 0.3) is 0 Å². The first kappa shape index (κ1) is 12.5. The summed E-state index contributed by atoms with van der Waals surface area (Å²) >= 11 is 0. The van der Waals surface area contributed by atoms with Gasteiger partial charge in [-0.2, -0.15) is 0 Å². The van der Waals surface area contributed by atoms with Crippen molar-refractivity contribution in [1.82, 2.24) is 9.88 Å². The maximum atomic E-state index is 11.7. The Kier molecular flexibility index (Phi) is 3.92. The molecule has 18 heavy (non-hydrogen) atoms. The molecule has 1 fully saturated rings. The number of aromatic nitrogens is 1. The average molecular weight is 248 g/mol. The second-order valence-corrected chi connectivity index (χ2v) is 4.52. The normalized spacial score (nSPS) is 19.9. The summed E-state index contributed by atoms with van der Waals surface area (Å²) in [6.45, 7) is 0.892. The van der Waals surface area contributed by atoms with Crippen molar-refractivity contribution < 1.29 is 14.7 Å². The molecule has 0 bridgehead atoms. The van der Waals surface area contributed by atoms with Crippen LogP contribution in [0.4, 0.5) is 0 Å². The number of aliphatic carboxylic acids is 1. The molecule has 1 amide bonds. The second kappa shape index (κ2) is 5.62. The Morgan fingerprint density at radius 3 is 3.06 bits per heavy atom. The third-order valence-electron chi connectivity index (χ3n) is 3.24. The predicted molar refractivity (Wildman–Crippen MR) is 64.9 cm³/mol. The average Bonchev–Trinajstić information content (AvgIpc) is 2.38. The highest BCUT2D eigenvalue weighted by Gasteiger charge is 2.29. The first-order valence-electron chi connectivity index (χ1n) is 6.06. The largest absolute Gasteiger partial charge is 0.481 e. The monoisotopic (exact) mass is 248 g/mol. The van der Waals surface area contributed by atoms with Crippen LogP contribution in [0.1, 0.15) is 18.4 Å². The Morgan fingerprint density at radius 2 is 2.39 bits per heavy atom. The highest BCUT2D eigenvalue weighted by molar-refractivity contribution is 5.80. The second-order valence-electron chi connectivity index (χ2n) is 4.52. The molecular formula is C13H16N2O3. The minimum Gasteiger partial charge on any atom is -0.481 e. The smallest absolute Gasteiger partial charge is 0.308 e. The van der Waals surface area contributed by atoms with Crippen LogP contribution in [-0.4, -0.2) is 40.0 Å². The molecule has 0 spiro atoms. The summed E-state index contributed by atoms with van der Waals surface area (Å²) in [7, 11) is 0. The van der Waals surface area contributed by atoms with Gasteiger partial charge >= 0.3 is 5.97 Å². The molecule has 1 N–H and O–H groups in total. The van der Waals surface area contributed by atoms with Crippen molar-refractivity contribution in [2.45, 2.75) is 19.3 Å². The van der Waals surface area contributed by atoms with Crippen LogP contribution in [0.2, 0.25) is 0 Å². The Morgan fingerprint density at radius 1 is 1.56 bits per heavy atom.